The average Bonchev–Trinajstić information content (AvgIpc) is 2.47. The number of hydrogen-bond donors (Lipinski definition) is 0. The van der Waals surface area contributed by atoms with E-state index in [0.717, 1.165) is 17.4 Å². The fourth-order valence-electron chi connectivity index (χ4n) is 2.33. The molecule has 0 unspecified atom stereocenters. The Hall–Kier alpha value is -1.94. The van der Waals surface area contributed by atoms with Crippen LogP contribution in [0.2, 0.25) is 0 Å². The van der Waals surface area contributed by atoms with Crippen LogP contribution in [-0.4, -0.2) is 25.7 Å². The van der Waals surface area contributed by atoms with Crippen molar-refractivity contribution in [3.8, 4) is 11.1 Å². The second kappa shape index (κ2) is 6.22. The summed E-state index contributed by atoms with van der Waals surface area (Å²) in [5.74, 6) is -0.334. The average molecular weight is 302 g/mol. The normalized spacial score (nSPS) is 12.9. The number of sulfone groups is 1. The molecule has 0 fully saturated rings. The van der Waals surface area contributed by atoms with E-state index in [1.165, 1.54) is 0 Å². The van der Waals surface area contributed by atoms with E-state index in [2.05, 4.69) is 0 Å². The van der Waals surface area contributed by atoms with Gasteiger partial charge < -0.3 is 0 Å². The van der Waals surface area contributed by atoms with E-state index < -0.39 is 15.1 Å². The Morgan fingerprint density at radius 1 is 0.952 bits per heavy atom. The second-order valence-electron chi connectivity index (χ2n) is 5.03. The molecule has 0 aromatic heterocycles. The molecule has 4 heteroatoms. The summed E-state index contributed by atoms with van der Waals surface area (Å²) in [6.07, 6.45) is 1.40. The summed E-state index contributed by atoms with van der Waals surface area (Å²) in [6.45, 7) is 1.71. The zero-order valence-corrected chi connectivity index (χ0v) is 12.9. The fraction of sp³-hybridized carbons (Fsp3) is 0.235. The maximum absolute atomic E-state index is 12.3. The van der Waals surface area contributed by atoms with Gasteiger partial charge in [0.25, 0.3) is 0 Å². The lowest BCUT2D eigenvalue weighted by Gasteiger charge is -2.12. The van der Waals surface area contributed by atoms with Crippen LogP contribution < -0.4 is 0 Å². The van der Waals surface area contributed by atoms with Crippen molar-refractivity contribution in [2.75, 3.05) is 6.26 Å². The molecule has 1 atom stereocenters. The minimum absolute atomic E-state index is 0.290. The topological polar surface area (TPSA) is 51.2 Å². The number of carbonyl (C=O) groups excluding carboxylic acids is 1. The molecule has 2 aromatic rings. The van der Waals surface area contributed by atoms with Gasteiger partial charge in [-0.1, -0.05) is 61.5 Å². The van der Waals surface area contributed by atoms with Gasteiger partial charge in [-0.05, 0) is 17.5 Å². The lowest BCUT2D eigenvalue weighted by atomic mass is 10.0. The van der Waals surface area contributed by atoms with Gasteiger partial charge in [0.1, 0.15) is 5.25 Å². The molecular formula is C17H18O3S. The van der Waals surface area contributed by atoms with Crippen molar-refractivity contribution in [3.63, 3.8) is 0 Å². The number of carbonyl (C=O) groups is 1. The Morgan fingerprint density at radius 3 is 1.95 bits per heavy atom. The molecule has 0 bridgehead atoms. The highest BCUT2D eigenvalue weighted by atomic mass is 32.2. The Bertz CT molecular complexity index is 716. The number of rotatable bonds is 5. The van der Waals surface area contributed by atoms with Crippen molar-refractivity contribution in [1.29, 1.82) is 0 Å². The molecule has 3 nitrogen and oxygen atoms in total. The van der Waals surface area contributed by atoms with Crippen LogP contribution in [0.15, 0.2) is 54.6 Å². The van der Waals surface area contributed by atoms with Crippen LogP contribution in [0.25, 0.3) is 11.1 Å². The van der Waals surface area contributed by atoms with Crippen LogP contribution in [0.1, 0.15) is 23.7 Å². The summed E-state index contributed by atoms with van der Waals surface area (Å²) >= 11 is 0. The molecule has 0 amide bonds. The molecule has 0 N–H and O–H groups in total. The number of Topliss-reactive ketones (excluding diaryl/α,β-unsaturated/α-hetero) is 1. The predicted molar refractivity (Wildman–Crippen MR) is 85.1 cm³/mol. The highest BCUT2D eigenvalue weighted by Gasteiger charge is 2.27. The van der Waals surface area contributed by atoms with Gasteiger partial charge in [-0.3, -0.25) is 4.79 Å². The first-order valence-corrected chi connectivity index (χ1v) is 8.77. The largest absolute Gasteiger partial charge is 0.293 e. The third-order valence-electron chi connectivity index (χ3n) is 3.46. The smallest absolute Gasteiger partial charge is 0.180 e. The predicted octanol–water partition coefficient (Wildman–Crippen LogP) is 3.36. The highest BCUT2D eigenvalue weighted by Crippen LogP contribution is 2.21. The van der Waals surface area contributed by atoms with Crippen molar-refractivity contribution in [3.05, 3.63) is 60.2 Å². The minimum atomic E-state index is -3.37. The molecule has 0 heterocycles. The first kappa shape index (κ1) is 15.4. The lowest BCUT2D eigenvalue weighted by Crippen LogP contribution is -2.28. The molecule has 0 saturated heterocycles. The van der Waals surface area contributed by atoms with Crippen molar-refractivity contribution < 1.29 is 13.2 Å². The molecule has 0 saturated carbocycles. The van der Waals surface area contributed by atoms with E-state index >= 15 is 0 Å². The zero-order valence-electron chi connectivity index (χ0n) is 12.1. The van der Waals surface area contributed by atoms with E-state index in [4.69, 9.17) is 0 Å². The van der Waals surface area contributed by atoms with Crippen molar-refractivity contribution in [2.45, 2.75) is 18.6 Å². The summed E-state index contributed by atoms with van der Waals surface area (Å²) in [7, 11) is -3.37. The molecule has 0 aliphatic heterocycles. The number of hydrogen-bond acceptors (Lipinski definition) is 3. The molecule has 2 aromatic carbocycles. The molecule has 0 radical (unpaired) electrons. The number of benzene rings is 2. The molecule has 0 aliphatic carbocycles. The van der Waals surface area contributed by atoms with E-state index in [1.54, 1.807) is 19.1 Å². The Balaban J connectivity index is 2.29. The van der Waals surface area contributed by atoms with Gasteiger partial charge >= 0.3 is 0 Å². The SMILES string of the molecule is CC[C@H](C(=O)c1ccc(-c2ccccc2)cc1)S(C)(=O)=O. The molecule has 2 rings (SSSR count). The van der Waals surface area contributed by atoms with E-state index in [0.29, 0.717) is 5.56 Å². The van der Waals surface area contributed by atoms with Gasteiger partial charge in [0.05, 0.1) is 0 Å². The highest BCUT2D eigenvalue weighted by molar-refractivity contribution is 7.92. The monoisotopic (exact) mass is 302 g/mol. The summed E-state index contributed by atoms with van der Waals surface area (Å²) < 4.78 is 23.3. The van der Waals surface area contributed by atoms with Crippen LogP contribution in [0.3, 0.4) is 0 Å². The first-order chi connectivity index (χ1) is 9.93. The quantitative estimate of drug-likeness (QED) is 0.796. The van der Waals surface area contributed by atoms with Gasteiger partial charge in [0.2, 0.25) is 0 Å². The van der Waals surface area contributed by atoms with Gasteiger partial charge in [-0.2, -0.15) is 0 Å². The molecule has 0 spiro atoms. The van der Waals surface area contributed by atoms with Crippen LogP contribution in [0, 0.1) is 0 Å². The standard InChI is InChI=1S/C17H18O3S/c1-3-16(21(2,19)20)17(18)15-11-9-14(10-12-15)13-7-5-4-6-8-13/h4-12,16H,3H2,1-2H3/t16-/m1/s1. The Labute approximate surface area is 125 Å². The van der Waals surface area contributed by atoms with Crippen molar-refractivity contribution in [2.24, 2.45) is 0 Å². The van der Waals surface area contributed by atoms with Crippen LogP contribution in [0.4, 0.5) is 0 Å². The molecule has 21 heavy (non-hydrogen) atoms. The van der Waals surface area contributed by atoms with Crippen molar-refractivity contribution >= 4 is 15.6 Å². The van der Waals surface area contributed by atoms with E-state index in [9.17, 15) is 13.2 Å². The van der Waals surface area contributed by atoms with Crippen LogP contribution in [0.5, 0.6) is 0 Å². The summed E-state index contributed by atoms with van der Waals surface area (Å²) in [5.41, 5.74) is 2.50. The molecule has 110 valence electrons. The van der Waals surface area contributed by atoms with Gasteiger partial charge in [0.15, 0.2) is 15.6 Å². The summed E-state index contributed by atoms with van der Waals surface area (Å²) in [4.78, 5) is 12.3. The summed E-state index contributed by atoms with van der Waals surface area (Å²) in [5, 5.41) is -0.958. The van der Waals surface area contributed by atoms with Crippen molar-refractivity contribution in [1.82, 2.24) is 0 Å². The molecule has 0 aliphatic rings. The summed E-state index contributed by atoms with van der Waals surface area (Å²) in [6, 6.07) is 16.9. The second-order valence-corrected chi connectivity index (χ2v) is 7.26. The van der Waals surface area contributed by atoms with E-state index in [-0.39, 0.29) is 12.2 Å². The third kappa shape index (κ3) is 3.58. The van der Waals surface area contributed by atoms with Gasteiger partial charge in [0, 0.05) is 11.8 Å². The van der Waals surface area contributed by atoms with Gasteiger partial charge in [-0.15, -0.1) is 0 Å². The van der Waals surface area contributed by atoms with Crippen LogP contribution >= 0.6 is 0 Å². The maximum Gasteiger partial charge on any atom is 0.180 e. The number of ketones is 1. The third-order valence-corrected chi connectivity index (χ3v) is 5.04. The molecular weight excluding hydrogens is 284 g/mol. The van der Waals surface area contributed by atoms with Crippen LogP contribution in [-0.2, 0) is 9.84 Å². The van der Waals surface area contributed by atoms with Gasteiger partial charge in [-0.25, -0.2) is 8.42 Å². The fourth-order valence-corrected chi connectivity index (χ4v) is 3.46. The Kier molecular flexibility index (Phi) is 4.58. The maximum atomic E-state index is 12.3. The van der Waals surface area contributed by atoms with E-state index in [1.807, 2.05) is 42.5 Å². The minimum Gasteiger partial charge on any atom is -0.293 e. The Morgan fingerprint density at radius 2 is 1.48 bits per heavy atom. The first-order valence-electron chi connectivity index (χ1n) is 6.82. The zero-order chi connectivity index (χ0) is 15.5. The lowest BCUT2D eigenvalue weighted by molar-refractivity contribution is 0.0985.